The average Bonchev–Trinajstić information content (AvgIpc) is 2.64. The van der Waals surface area contributed by atoms with Gasteiger partial charge in [-0.3, -0.25) is 4.98 Å². The third-order valence-electron chi connectivity index (χ3n) is 6.64. The van der Waals surface area contributed by atoms with Crippen LogP contribution in [0.3, 0.4) is 0 Å². The van der Waals surface area contributed by atoms with Crippen molar-refractivity contribution in [2.24, 2.45) is 0 Å². The summed E-state index contributed by atoms with van der Waals surface area (Å²) in [5.41, 5.74) is 2.16. The van der Waals surface area contributed by atoms with Gasteiger partial charge in [0.05, 0.1) is 11.1 Å². The van der Waals surface area contributed by atoms with Crippen LogP contribution in [0.4, 0.5) is 4.39 Å². The SMILES string of the molecule is CN1CC[C@@]2(c3cccc(O)c3)Cc3nc4ccc(F)cc4cc3C[C@]2(O)C1. The van der Waals surface area contributed by atoms with Crippen molar-refractivity contribution in [3.05, 3.63) is 71.2 Å². The number of β-amino-alcohol motifs (C(OH)–C–C–N with tert-alkyl or cyclic N) is 1. The molecule has 2 heterocycles. The summed E-state index contributed by atoms with van der Waals surface area (Å²) in [6, 6.07) is 13.9. The zero-order chi connectivity index (χ0) is 19.5. The lowest BCUT2D eigenvalue weighted by molar-refractivity contribution is -0.0976. The highest BCUT2D eigenvalue weighted by Crippen LogP contribution is 2.50. The molecule has 5 heteroatoms. The molecule has 0 radical (unpaired) electrons. The number of benzene rings is 2. The summed E-state index contributed by atoms with van der Waals surface area (Å²) in [6.07, 6.45) is 1.84. The Morgan fingerprint density at radius 3 is 2.79 bits per heavy atom. The smallest absolute Gasteiger partial charge is 0.123 e. The second-order valence-electron chi connectivity index (χ2n) is 8.44. The number of pyridine rings is 1. The van der Waals surface area contributed by atoms with Crippen molar-refractivity contribution in [2.45, 2.75) is 30.3 Å². The molecule has 0 spiro atoms. The van der Waals surface area contributed by atoms with E-state index < -0.39 is 11.0 Å². The molecule has 28 heavy (non-hydrogen) atoms. The summed E-state index contributed by atoms with van der Waals surface area (Å²) >= 11 is 0. The highest BCUT2D eigenvalue weighted by Gasteiger charge is 2.56. The number of fused-ring (bicyclic) bond motifs is 3. The molecule has 144 valence electrons. The van der Waals surface area contributed by atoms with Gasteiger partial charge in [-0.15, -0.1) is 0 Å². The number of aromatic nitrogens is 1. The van der Waals surface area contributed by atoms with Crippen LogP contribution >= 0.6 is 0 Å². The fourth-order valence-corrected chi connectivity index (χ4v) is 5.23. The number of phenolic OH excluding ortho intramolecular Hbond substituents is 1. The molecule has 0 unspecified atom stereocenters. The van der Waals surface area contributed by atoms with Gasteiger partial charge in [0, 0.05) is 35.9 Å². The first-order valence-electron chi connectivity index (χ1n) is 9.67. The van der Waals surface area contributed by atoms with Crippen molar-refractivity contribution in [3.63, 3.8) is 0 Å². The van der Waals surface area contributed by atoms with Crippen LogP contribution in [0.1, 0.15) is 23.2 Å². The molecule has 5 rings (SSSR count). The van der Waals surface area contributed by atoms with Crippen LogP contribution in [-0.4, -0.2) is 45.8 Å². The maximum atomic E-state index is 13.7. The van der Waals surface area contributed by atoms with E-state index in [1.54, 1.807) is 18.2 Å². The molecule has 0 amide bonds. The number of hydrogen-bond acceptors (Lipinski definition) is 4. The predicted octanol–water partition coefficient (Wildman–Crippen LogP) is 3.18. The third-order valence-corrected chi connectivity index (χ3v) is 6.64. The molecule has 0 saturated carbocycles. The summed E-state index contributed by atoms with van der Waals surface area (Å²) in [7, 11) is 2.02. The summed E-state index contributed by atoms with van der Waals surface area (Å²) < 4.78 is 13.7. The van der Waals surface area contributed by atoms with Gasteiger partial charge in [-0.25, -0.2) is 4.39 Å². The number of rotatable bonds is 1. The highest BCUT2D eigenvalue weighted by molar-refractivity contribution is 5.80. The zero-order valence-corrected chi connectivity index (χ0v) is 15.8. The van der Waals surface area contributed by atoms with E-state index in [9.17, 15) is 14.6 Å². The molecule has 2 atom stereocenters. The predicted molar refractivity (Wildman–Crippen MR) is 106 cm³/mol. The minimum absolute atomic E-state index is 0.209. The molecule has 2 N–H and O–H groups in total. The molecular weight excluding hydrogens is 355 g/mol. The van der Waals surface area contributed by atoms with Crippen molar-refractivity contribution >= 4 is 10.9 Å². The highest BCUT2D eigenvalue weighted by atomic mass is 19.1. The van der Waals surface area contributed by atoms with Gasteiger partial charge in [0.15, 0.2) is 0 Å². The van der Waals surface area contributed by atoms with Crippen molar-refractivity contribution in [1.82, 2.24) is 9.88 Å². The monoisotopic (exact) mass is 378 g/mol. The van der Waals surface area contributed by atoms with Gasteiger partial charge in [0.1, 0.15) is 11.6 Å². The van der Waals surface area contributed by atoms with Crippen molar-refractivity contribution in [1.29, 1.82) is 0 Å². The first-order chi connectivity index (χ1) is 13.4. The minimum Gasteiger partial charge on any atom is -0.508 e. The van der Waals surface area contributed by atoms with E-state index >= 15 is 0 Å². The summed E-state index contributed by atoms with van der Waals surface area (Å²) in [4.78, 5) is 6.99. The van der Waals surface area contributed by atoms with Gasteiger partial charge in [-0.05, 0) is 67.5 Å². The third kappa shape index (κ3) is 2.54. The Hall–Kier alpha value is -2.50. The Kier molecular flexibility index (Phi) is 3.77. The second kappa shape index (κ2) is 6.00. The first kappa shape index (κ1) is 17.6. The molecular formula is C23H23FN2O2. The molecule has 1 aromatic heterocycles. The number of likely N-dealkylation sites (N-methyl/N-ethyl adjacent to an activating group) is 1. The second-order valence-corrected chi connectivity index (χ2v) is 8.44. The van der Waals surface area contributed by atoms with Gasteiger partial charge >= 0.3 is 0 Å². The maximum absolute atomic E-state index is 13.7. The lowest BCUT2D eigenvalue weighted by Gasteiger charge is -2.56. The normalized spacial score (nSPS) is 27.4. The lowest BCUT2D eigenvalue weighted by atomic mass is 9.56. The van der Waals surface area contributed by atoms with Gasteiger partial charge in [-0.2, -0.15) is 0 Å². The first-order valence-corrected chi connectivity index (χ1v) is 9.67. The summed E-state index contributed by atoms with van der Waals surface area (Å²) in [5, 5.41) is 22.8. The summed E-state index contributed by atoms with van der Waals surface area (Å²) in [5.74, 6) is -0.0730. The number of hydrogen-bond donors (Lipinski definition) is 2. The van der Waals surface area contributed by atoms with E-state index in [1.807, 2.05) is 25.2 Å². The minimum atomic E-state index is -0.983. The Labute approximate surface area is 163 Å². The Balaban J connectivity index is 1.71. The molecule has 2 aliphatic rings. The van der Waals surface area contributed by atoms with Crippen molar-refractivity contribution in [2.75, 3.05) is 20.1 Å². The Morgan fingerprint density at radius 2 is 1.96 bits per heavy atom. The summed E-state index contributed by atoms with van der Waals surface area (Å²) in [6.45, 7) is 1.41. The van der Waals surface area contributed by atoms with E-state index in [-0.39, 0.29) is 11.6 Å². The van der Waals surface area contributed by atoms with E-state index in [1.165, 1.54) is 12.1 Å². The number of aliphatic hydroxyl groups is 1. The quantitative estimate of drug-likeness (QED) is 0.683. The molecule has 1 aliphatic carbocycles. The number of halogens is 1. The topological polar surface area (TPSA) is 56.6 Å². The molecule has 0 bridgehead atoms. The largest absolute Gasteiger partial charge is 0.508 e. The standard InChI is InChI=1S/C23H23FN2O2/c1-26-8-7-22(17-3-2-4-19(27)11-17)13-21-16(12-23(22,28)14-26)9-15-10-18(24)5-6-20(15)25-21/h2-6,9-11,27-28H,7-8,12-14H2,1H3/t22-,23-/m0/s1. The van der Waals surface area contributed by atoms with Crippen LogP contribution in [0.5, 0.6) is 5.75 Å². The Morgan fingerprint density at radius 1 is 1.11 bits per heavy atom. The number of nitrogens with zero attached hydrogens (tertiary/aromatic N) is 2. The van der Waals surface area contributed by atoms with Gasteiger partial charge in [0.2, 0.25) is 0 Å². The van der Waals surface area contributed by atoms with E-state index in [0.29, 0.717) is 19.4 Å². The van der Waals surface area contributed by atoms with Crippen LogP contribution in [0.25, 0.3) is 10.9 Å². The van der Waals surface area contributed by atoms with Gasteiger partial charge < -0.3 is 15.1 Å². The van der Waals surface area contributed by atoms with Crippen LogP contribution in [0.2, 0.25) is 0 Å². The van der Waals surface area contributed by atoms with Gasteiger partial charge in [-0.1, -0.05) is 12.1 Å². The average molecular weight is 378 g/mol. The molecule has 2 aromatic carbocycles. The van der Waals surface area contributed by atoms with Crippen LogP contribution in [0.15, 0.2) is 48.5 Å². The molecule has 1 fully saturated rings. The lowest BCUT2D eigenvalue weighted by Crippen LogP contribution is -2.66. The number of piperidine rings is 1. The fraction of sp³-hybridized carbons (Fsp3) is 0.348. The molecule has 1 saturated heterocycles. The van der Waals surface area contributed by atoms with Crippen LogP contribution < -0.4 is 0 Å². The number of likely N-dealkylation sites (tertiary alicyclic amines) is 1. The maximum Gasteiger partial charge on any atom is 0.123 e. The molecule has 1 aliphatic heterocycles. The van der Waals surface area contributed by atoms with Crippen molar-refractivity contribution < 1.29 is 14.6 Å². The fourth-order valence-electron chi connectivity index (χ4n) is 5.23. The molecule has 4 nitrogen and oxygen atoms in total. The van der Waals surface area contributed by atoms with E-state index in [4.69, 9.17) is 4.98 Å². The Bertz CT molecular complexity index is 1090. The zero-order valence-electron chi connectivity index (χ0n) is 15.8. The van der Waals surface area contributed by atoms with E-state index in [2.05, 4.69) is 4.90 Å². The number of phenols is 1. The van der Waals surface area contributed by atoms with Crippen LogP contribution in [-0.2, 0) is 18.3 Å². The van der Waals surface area contributed by atoms with E-state index in [0.717, 1.165) is 40.7 Å². The number of aromatic hydroxyl groups is 1. The van der Waals surface area contributed by atoms with Gasteiger partial charge in [0.25, 0.3) is 0 Å². The van der Waals surface area contributed by atoms with Crippen molar-refractivity contribution in [3.8, 4) is 5.75 Å². The van der Waals surface area contributed by atoms with Crippen LogP contribution in [0, 0.1) is 5.82 Å². The molecule has 3 aromatic rings.